The van der Waals surface area contributed by atoms with Crippen molar-refractivity contribution in [2.45, 2.75) is 25.9 Å². The molecule has 4 aromatic rings. The van der Waals surface area contributed by atoms with Crippen molar-refractivity contribution >= 4 is 23.0 Å². The van der Waals surface area contributed by atoms with Gasteiger partial charge in [0.25, 0.3) is 0 Å². The molecule has 35 heavy (non-hydrogen) atoms. The van der Waals surface area contributed by atoms with Gasteiger partial charge in [0.1, 0.15) is 11.5 Å². The second kappa shape index (κ2) is 9.38. The lowest BCUT2D eigenvalue weighted by Crippen LogP contribution is -2.30. The zero-order chi connectivity index (χ0) is 24.5. The fourth-order valence-electron chi connectivity index (χ4n) is 4.88. The molecule has 1 N–H and O–H groups in total. The number of thiocarbonyl (C=S) groups is 1. The van der Waals surface area contributed by atoms with Crippen molar-refractivity contribution in [1.29, 1.82) is 0 Å². The van der Waals surface area contributed by atoms with Crippen LogP contribution >= 0.6 is 12.2 Å². The Morgan fingerprint density at radius 1 is 0.971 bits per heavy atom. The van der Waals surface area contributed by atoms with E-state index in [9.17, 15) is 0 Å². The number of pyridine rings is 2. The predicted molar refractivity (Wildman–Crippen MR) is 141 cm³/mol. The van der Waals surface area contributed by atoms with Crippen molar-refractivity contribution in [3.63, 3.8) is 0 Å². The first-order chi connectivity index (χ1) is 17.0. The number of rotatable bonds is 6. The van der Waals surface area contributed by atoms with E-state index in [0.717, 1.165) is 39.8 Å². The van der Waals surface area contributed by atoms with E-state index in [0.29, 0.717) is 10.9 Å². The summed E-state index contributed by atoms with van der Waals surface area (Å²) in [4.78, 5) is 11.1. The lowest BCUT2D eigenvalue weighted by atomic mass is 9.96. The molecule has 8 heteroatoms. The summed E-state index contributed by atoms with van der Waals surface area (Å²) in [5, 5.41) is 4.14. The summed E-state index contributed by atoms with van der Waals surface area (Å²) in [5.41, 5.74) is 6.18. The number of aromatic nitrogens is 3. The summed E-state index contributed by atoms with van der Waals surface area (Å²) in [6.45, 7) is 4.24. The molecule has 1 fully saturated rings. The van der Waals surface area contributed by atoms with Gasteiger partial charge in [0, 0.05) is 29.8 Å². The summed E-state index contributed by atoms with van der Waals surface area (Å²) < 4.78 is 13.4. The molecule has 7 nitrogen and oxygen atoms in total. The van der Waals surface area contributed by atoms with Gasteiger partial charge in [0.05, 0.1) is 49.6 Å². The molecule has 4 heterocycles. The Morgan fingerprint density at radius 2 is 1.83 bits per heavy atom. The van der Waals surface area contributed by atoms with Gasteiger partial charge >= 0.3 is 0 Å². The Labute approximate surface area is 210 Å². The second-order valence-electron chi connectivity index (χ2n) is 8.41. The van der Waals surface area contributed by atoms with Gasteiger partial charge in [0.15, 0.2) is 5.11 Å². The van der Waals surface area contributed by atoms with Gasteiger partial charge < -0.3 is 24.3 Å². The normalized spacial score (nSPS) is 17.4. The number of nitrogens with zero attached hydrogens (tertiary/aromatic N) is 4. The maximum atomic E-state index is 5.91. The Morgan fingerprint density at radius 3 is 2.51 bits per heavy atom. The van der Waals surface area contributed by atoms with Gasteiger partial charge in [-0.3, -0.25) is 9.97 Å². The van der Waals surface area contributed by atoms with Gasteiger partial charge in [0.2, 0.25) is 0 Å². The highest BCUT2D eigenvalue weighted by Crippen LogP contribution is 2.46. The third-order valence-electron chi connectivity index (χ3n) is 6.44. The summed E-state index contributed by atoms with van der Waals surface area (Å²) in [6.07, 6.45) is 5.47. The van der Waals surface area contributed by atoms with Crippen LogP contribution in [-0.2, 0) is 0 Å². The predicted octanol–water partition coefficient (Wildman–Crippen LogP) is 5.08. The minimum Gasteiger partial charge on any atom is -0.497 e. The van der Waals surface area contributed by atoms with E-state index in [1.54, 1.807) is 20.4 Å². The van der Waals surface area contributed by atoms with Crippen LogP contribution in [-0.4, -0.2) is 33.9 Å². The first-order valence-corrected chi connectivity index (χ1v) is 11.8. The van der Waals surface area contributed by atoms with Gasteiger partial charge in [-0.05, 0) is 74.1 Å². The van der Waals surface area contributed by atoms with Crippen LogP contribution in [0.25, 0.3) is 5.69 Å². The molecule has 0 spiro atoms. The van der Waals surface area contributed by atoms with E-state index < -0.39 is 0 Å². The van der Waals surface area contributed by atoms with Crippen LogP contribution in [0, 0.1) is 13.8 Å². The number of ether oxygens (including phenoxy) is 2. The number of benzene rings is 1. The van der Waals surface area contributed by atoms with Gasteiger partial charge in [-0.15, -0.1) is 0 Å². The Hall–Kier alpha value is -3.91. The van der Waals surface area contributed by atoms with E-state index in [1.165, 1.54) is 0 Å². The first-order valence-electron chi connectivity index (χ1n) is 11.4. The first kappa shape index (κ1) is 22.9. The molecule has 2 atom stereocenters. The van der Waals surface area contributed by atoms with E-state index in [4.69, 9.17) is 21.7 Å². The Kier molecular flexibility index (Phi) is 6.13. The van der Waals surface area contributed by atoms with Crippen LogP contribution in [0.2, 0.25) is 0 Å². The summed E-state index contributed by atoms with van der Waals surface area (Å²) in [6, 6.07) is 17.7. The van der Waals surface area contributed by atoms with E-state index in [2.05, 4.69) is 50.7 Å². The molecule has 3 aromatic heterocycles. The largest absolute Gasteiger partial charge is 0.497 e. The average Bonchev–Trinajstić information content (AvgIpc) is 3.39. The lowest BCUT2D eigenvalue weighted by molar-refractivity contribution is 0.394. The lowest BCUT2D eigenvalue weighted by Gasteiger charge is -2.29. The Bertz CT molecular complexity index is 1360. The fraction of sp³-hybridized carbons (Fsp3) is 0.222. The third-order valence-corrected chi connectivity index (χ3v) is 6.75. The molecule has 0 amide bonds. The minimum atomic E-state index is -0.156. The van der Waals surface area contributed by atoms with Crippen LogP contribution in [0.5, 0.6) is 11.5 Å². The molecule has 1 saturated heterocycles. The zero-order valence-corrected chi connectivity index (χ0v) is 20.9. The summed E-state index contributed by atoms with van der Waals surface area (Å²) >= 11 is 5.91. The van der Waals surface area contributed by atoms with Crippen molar-refractivity contribution in [1.82, 2.24) is 19.9 Å². The molecule has 1 aromatic carbocycles. The van der Waals surface area contributed by atoms with Gasteiger partial charge in [-0.1, -0.05) is 6.07 Å². The van der Waals surface area contributed by atoms with Crippen molar-refractivity contribution in [2.75, 3.05) is 19.1 Å². The number of aryl methyl sites for hydroxylation is 1. The van der Waals surface area contributed by atoms with Crippen LogP contribution in [0.15, 0.2) is 73.2 Å². The number of hydrogen-bond donors (Lipinski definition) is 1. The summed E-state index contributed by atoms with van der Waals surface area (Å²) in [5.74, 6) is 1.40. The fourth-order valence-corrected chi connectivity index (χ4v) is 5.22. The van der Waals surface area contributed by atoms with Crippen molar-refractivity contribution in [3.05, 3.63) is 95.8 Å². The van der Waals surface area contributed by atoms with Crippen molar-refractivity contribution < 1.29 is 9.47 Å². The highest BCUT2D eigenvalue weighted by Gasteiger charge is 2.43. The number of methoxy groups -OCH3 is 2. The van der Waals surface area contributed by atoms with Crippen LogP contribution in [0.1, 0.15) is 34.7 Å². The topological polar surface area (TPSA) is 64.4 Å². The van der Waals surface area contributed by atoms with E-state index >= 15 is 0 Å². The smallest absolute Gasteiger partial charge is 0.174 e. The monoisotopic (exact) mass is 485 g/mol. The zero-order valence-electron chi connectivity index (χ0n) is 20.1. The van der Waals surface area contributed by atoms with E-state index in [-0.39, 0.29) is 12.1 Å². The van der Waals surface area contributed by atoms with Gasteiger partial charge in [-0.25, -0.2) is 0 Å². The molecule has 178 valence electrons. The quantitative estimate of drug-likeness (QED) is 0.382. The van der Waals surface area contributed by atoms with Crippen LogP contribution in [0.4, 0.5) is 5.69 Å². The van der Waals surface area contributed by atoms with Crippen molar-refractivity contribution in [2.24, 2.45) is 0 Å². The maximum absolute atomic E-state index is 5.91. The SMILES string of the molecule is COc1ccc(N2C(=S)N[C@H](c3ccccn3)[C@H]2c2cc(C)n(-c3cccnc3)c2C)c(OC)c1. The third kappa shape index (κ3) is 4.00. The van der Waals surface area contributed by atoms with Crippen LogP contribution in [0.3, 0.4) is 0 Å². The number of nitrogens with one attached hydrogen (secondary N) is 1. The maximum Gasteiger partial charge on any atom is 0.174 e. The molecule has 1 aliphatic rings. The molecule has 0 aliphatic carbocycles. The minimum absolute atomic E-state index is 0.154. The molecule has 0 radical (unpaired) electrons. The molecular formula is C27H27N5O2S. The number of hydrogen-bond acceptors (Lipinski definition) is 5. The summed E-state index contributed by atoms with van der Waals surface area (Å²) in [7, 11) is 3.30. The van der Waals surface area contributed by atoms with Gasteiger partial charge in [-0.2, -0.15) is 0 Å². The second-order valence-corrected chi connectivity index (χ2v) is 8.79. The highest BCUT2D eigenvalue weighted by atomic mass is 32.1. The average molecular weight is 486 g/mol. The Balaban J connectivity index is 1.70. The molecule has 0 unspecified atom stereocenters. The van der Waals surface area contributed by atoms with E-state index in [1.807, 2.05) is 54.9 Å². The molecule has 1 aliphatic heterocycles. The molecule has 0 saturated carbocycles. The molecule has 0 bridgehead atoms. The van der Waals surface area contributed by atoms with Crippen LogP contribution < -0.4 is 19.7 Å². The standard InChI is InChI=1S/C27H27N5O2S/c1-17-14-21(18(2)31(17)19-8-7-12-28-16-19)26-25(22-9-5-6-13-29-22)30-27(35)32(26)23-11-10-20(33-3)15-24(23)34-4/h5-16,25-26H,1-4H3,(H,30,35)/t25-,26-/m1/s1. The molecule has 5 rings (SSSR count). The highest BCUT2D eigenvalue weighted by molar-refractivity contribution is 7.80. The van der Waals surface area contributed by atoms with Crippen molar-refractivity contribution in [3.8, 4) is 17.2 Å². The number of anilines is 1. The molecular weight excluding hydrogens is 458 g/mol.